The Balaban J connectivity index is 2.33. The van der Waals surface area contributed by atoms with Gasteiger partial charge in [-0.3, -0.25) is 0 Å². The molecule has 88 valence electrons. The van der Waals surface area contributed by atoms with Crippen LogP contribution in [0.1, 0.15) is 12.5 Å². The molecule has 0 saturated heterocycles. The first kappa shape index (κ1) is 12.9. The van der Waals surface area contributed by atoms with Gasteiger partial charge in [0.05, 0.1) is 0 Å². The number of benzene rings is 2. The van der Waals surface area contributed by atoms with Crippen molar-refractivity contribution >= 4 is 39.3 Å². The third-order valence-corrected chi connectivity index (χ3v) is 8.52. The molecule has 0 spiro atoms. The molecule has 0 bridgehead atoms. The monoisotopic (exact) mass is 350 g/mol. The Kier molecular flexibility index (Phi) is 4.47. The molecule has 2 aromatic carbocycles. The first-order chi connectivity index (χ1) is 8.20. The molecule has 0 aliphatic carbocycles. The minimum atomic E-state index is -1.07. The van der Waals surface area contributed by atoms with Crippen LogP contribution in [0.4, 0.5) is 0 Å². The average molecular weight is 351 g/mol. The molecule has 0 fully saturated rings. The predicted molar refractivity (Wildman–Crippen MR) is 80.8 cm³/mol. The standard InChI is InChI=1S/C15H16AsBr/c1-3-16(13-6-4-12(2)5-7-13)14-8-10-15(17)11-9-14/h4-11H,3H2,1-2H3. The van der Waals surface area contributed by atoms with Gasteiger partial charge in [0.15, 0.2) is 0 Å². The van der Waals surface area contributed by atoms with Gasteiger partial charge in [0.25, 0.3) is 0 Å². The van der Waals surface area contributed by atoms with Crippen LogP contribution in [-0.2, 0) is 0 Å². The van der Waals surface area contributed by atoms with Crippen molar-refractivity contribution in [3.63, 3.8) is 0 Å². The second kappa shape index (κ2) is 5.89. The normalized spacial score (nSPS) is 12.4. The average Bonchev–Trinajstić information content (AvgIpc) is 2.35. The topological polar surface area (TPSA) is 0 Å². The fourth-order valence-corrected chi connectivity index (χ4v) is 6.42. The second-order valence-electron chi connectivity index (χ2n) is 4.06. The van der Waals surface area contributed by atoms with Crippen molar-refractivity contribution < 1.29 is 0 Å². The fraction of sp³-hybridized carbons (Fsp3) is 0.200. The maximum atomic E-state index is 3.50. The summed E-state index contributed by atoms with van der Waals surface area (Å²) in [4.78, 5) is 0. The van der Waals surface area contributed by atoms with E-state index in [9.17, 15) is 0 Å². The van der Waals surface area contributed by atoms with Crippen LogP contribution >= 0.6 is 15.9 Å². The van der Waals surface area contributed by atoms with Gasteiger partial charge in [-0.25, -0.2) is 0 Å². The Morgan fingerprint density at radius 1 is 0.882 bits per heavy atom. The molecule has 0 aliphatic heterocycles. The van der Waals surface area contributed by atoms with Crippen molar-refractivity contribution in [2.75, 3.05) is 0 Å². The molecule has 0 saturated carbocycles. The maximum absolute atomic E-state index is 3.50. The molecule has 2 aromatic rings. The molecular weight excluding hydrogens is 335 g/mol. The summed E-state index contributed by atoms with van der Waals surface area (Å²) in [5.74, 6) is 0. The summed E-state index contributed by atoms with van der Waals surface area (Å²) in [6.45, 7) is 4.45. The quantitative estimate of drug-likeness (QED) is 0.744. The van der Waals surface area contributed by atoms with Crippen molar-refractivity contribution in [2.24, 2.45) is 0 Å². The van der Waals surface area contributed by atoms with E-state index in [-0.39, 0.29) is 0 Å². The molecule has 1 atom stereocenters. The van der Waals surface area contributed by atoms with Crippen molar-refractivity contribution in [1.82, 2.24) is 0 Å². The number of hydrogen-bond donors (Lipinski definition) is 0. The van der Waals surface area contributed by atoms with Gasteiger partial charge < -0.3 is 0 Å². The van der Waals surface area contributed by atoms with Crippen molar-refractivity contribution in [3.05, 3.63) is 58.6 Å². The Bertz CT molecular complexity index is 428. The molecule has 2 rings (SSSR count). The summed E-state index contributed by atoms with van der Waals surface area (Å²) in [5.41, 5.74) is 1.34. The van der Waals surface area contributed by atoms with Gasteiger partial charge in [-0.15, -0.1) is 0 Å². The van der Waals surface area contributed by atoms with Crippen molar-refractivity contribution in [2.45, 2.75) is 19.1 Å². The van der Waals surface area contributed by atoms with E-state index in [1.54, 1.807) is 4.35 Å². The van der Waals surface area contributed by atoms with Crippen molar-refractivity contribution in [3.8, 4) is 0 Å². The molecule has 0 aromatic heterocycles. The molecule has 0 nitrogen and oxygen atoms in total. The predicted octanol–water partition coefficient (Wildman–Crippen LogP) is 3.39. The van der Waals surface area contributed by atoms with Gasteiger partial charge in [-0.05, 0) is 0 Å². The number of rotatable bonds is 3. The van der Waals surface area contributed by atoms with Gasteiger partial charge in [-0.1, -0.05) is 0 Å². The zero-order valence-electron chi connectivity index (χ0n) is 10.2. The number of halogens is 1. The van der Waals surface area contributed by atoms with Gasteiger partial charge in [0, 0.05) is 0 Å². The van der Waals surface area contributed by atoms with E-state index >= 15 is 0 Å². The van der Waals surface area contributed by atoms with Gasteiger partial charge in [0.1, 0.15) is 0 Å². The second-order valence-corrected chi connectivity index (χ2v) is 10.3. The van der Waals surface area contributed by atoms with Crippen LogP contribution < -0.4 is 8.70 Å². The molecule has 0 N–H and O–H groups in total. The first-order valence-corrected chi connectivity index (χ1v) is 9.80. The summed E-state index contributed by atoms with van der Waals surface area (Å²) in [6.07, 6.45) is 0. The summed E-state index contributed by atoms with van der Waals surface area (Å²) in [6, 6.07) is 17.9. The van der Waals surface area contributed by atoms with E-state index < -0.39 is 14.7 Å². The molecule has 0 heterocycles. The SMILES string of the molecule is CC[As](c1ccc(C)cc1)c1ccc(Br)cc1. The summed E-state index contributed by atoms with van der Waals surface area (Å²) < 4.78 is 4.25. The summed E-state index contributed by atoms with van der Waals surface area (Å²) in [5, 5.41) is 1.28. The van der Waals surface area contributed by atoms with E-state index in [4.69, 9.17) is 0 Å². The van der Waals surface area contributed by atoms with E-state index in [2.05, 4.69) is 78.3 Å². The Morgan fingerprint density at radius 2 is 1.35 bits per heavy atom. The summed E-state index contributed by atoms with van der Waals surface area (Å²) in [7, 11) is 0. The Hall–Kier alpha value is -0.522. The van der Waals surface area contributed by atoms with Crippen LogP contribution in [0.25, 0.3) is 0 Å². The molecule has 17 heavy (non-hydrogen) atoms. The first-order valence-electron chi connectivity index (χ1n) is 5.80. The molecule has 1 unspecified atom stereocenters. The fourth-order valence-electron chi connectivity index (χ4n) is 1.86. The van der Waals surface area contributed by atoms with E-state index in [0.29, 0.717) is 0 Å². The Morgan fingerprint density at radius 3 is 1.82 bits per heavy atom. The Labute approximate surface area is 116 Å². The van der Waals surface area contributed by atoms with E-state index in [0.717, 1.165) is 4.47 Å². The van der Waals surface area contributed by atoms with Crippen LogP contribution in [-0.4, -0.2) is 14.7 Å². The van der Waals surface area contributed by atoms with E-state index in [1.807, 2.05) is 0 Å². The van der Waals surface area contributed by atoms with Crippen LogP contribution in [0, 0.1) is 6.92 Å². The van der Waals surface area contributed by atoms with Gasteiger partial charge >= 0.3 is 117 Å². The summed E-state index contributed by atoms with van der Waals surface area (Å²) >= 11 is 2.43. The molecule has 0 amide bonds. The zero-order chi connectivity index (χ0) is 12.3. The minimum absolute atomic E-state index is 1.07. The molecule has 0 radical (unpaired) electrons. The van der Waals surface area contributed by atoms with Crippen LogP contribution in [0.5, 0.6) is 0 Å². The molecule has 2 heteroatoms. The third kappa shape index (κ3) is 3.24. The molecule has 0 aliphatic rings. The van der Waals surface area contributed by atoms with Crippen LogP contribution in [0.15, 0.2) is 53.0 Å². The van der Waals surface area contributed by atoms with Gasteiger partial charge in [0.2, 0.25) is 0 Å². The number of hydrogen-bond acceptors (Lipinski definition) is 0. The van der Waals surface area contributed by atoms with Crippen LogP contribution in [0.2, 0.25) is 5.21 Å². The van der Waals surface area contributed by atoms with E-state index in [1.165, 1.54) is 15.1 Å². The molecular formula is C15H16AsBr. The number of aryl methyl sites for hydroxylation is 1. The van der Waals surface area contributed by atoms with Gasteiger partial charge in [-0.2, -0.15) is 0 Å². The zero-order valence-corrected chi connectivity index (χ0v) is 13.6. The van der Waals surface area contributed by atoms with Crippen LogP contribution in [0.3, 0.4) is 0 Å². The third-order valence-electron chi connectivity index (χ3n) is 2.80. The van der Waals surface area contributed by atoms with Crippen molar-refractivity contribution in [1.29, 1.82) is 0 Å².